The first-order valence-electron chi connectivity index (χ1n) is 6.50. The van der Waals surface area contributed by atoms with Crippen molar-refractivity contribution in [2.24, 2.45) is 0 Å². The first-order chi connectivity index (χ1) is 8.77. The van der Waals surface area contributed by atoms with Gasteiger partial charge in [0.1, 0.15) is 5.60 Å². The number of carbonyl (C=O) groups excluding carboxylic acids is 1. The molecule has 0 bridgehead atoms. The maximum Gasteiger partial charge on any atom is 0.309 e. The highest BCUT2D eigenvalue weighted by atomic mass is 16.6. The molecule has 1 aliphatic heterocycles. The minimum Gasteiger partial charge on any atom is -0.466 e. The van der Waals surface area contributed by atoms with Crippen LogP contribution in [0.3, 0.4) is 0 Å². The van der Waals surface area contributed by atoms with Crippen LogP contribution in [0.15, 0.2) is 23.8 Å². The Morgan fingerprint density at radius 3 is 3.00 bits per heavy atom. The second kappa shape index (κ2) is 6.16. The van der Waals surface area contributed by atoms with E-state index in [-0.39, 0.29) is 12.4 Å². The van der Waals surface area contributed by atoms with Gasteiger partial charge in [0.2, 0.25) is 0 Å². The maximum atomic E-state index is 11.8. The van der Waals surface area contributed by atoms with Crippen molar-refractivity contribution in [2.45, 2.75) is 31.8 Å². The predicted octanol–water partition coefficient (Wildman–Crippen LogP) is 2.00. The van der Waals surface area contributed by atoms with Crippen molar-refractivity contribution in [3.8, 4) is 0 Å². The van der Waals surface area contributed by atoms with Crippen LogP contribution in [0.5, 0.6) is 0 Å². The van der Waals surface area contributed by atoms with Gasteiger partial charge in [-0.2, -0.15) is 0 Å². The molecule has 0 amide bonds. The van der Waals surface area contributed by atoms with Gasteiger partial charge in [0.15, 0.2) is 0 Å². The standard InChI is InChI=1S/C14H20O4/c1-2-17-13(15)10-14(11-16-8-9-18-14)12-6-4-3-5-7-12/h3-4,6H,2,5,7-11H2,1H3. The van der Waals surface area contributed by atoms with Crippen molar-refractivity contribution < 1.29 is 19.0 Å². The van der Waals surface area contributed by atoms with Gasteiger partial charge in [-0.05, 0) is 25.3 Å². The molecule has 1 fully saturated rings. The highest BCUT2D eigenvalue weighted by Gasteiger charge is 2.40. The molecule has 0 aromatic carbocycles. The number of allylic oxidation sites excluding steroid dienone is 3. The monoisotopic (exact) mass is 252 g/mol. The first-order valence-corrected chi connectivity index (χ1v) is 6.50. The molecule has 18 heavy (non-hydrogen) atoms. The number of carbonyl (C=O) groups is 1. The SMILES string of the molecule is CCOC(=O)CC1(C2=CC=CCC2)COCCO1. The van der Waals surface area contributed by atoms with Crippen LogP contribution >= 0.6 is 0 Å². The average molecular weight is 252 g/mol. The molecular weight excluding hydrogens is 232 g/mol. The summed E-state index contributed by atoms with van der Waals surface area (Å²) in [6.45, 7) is 3.76. The molecule has 4 nitrogen and oxygen atoms in total. The Balaban J connectivity index is 2.14. The van der Waals surface area contributed by atoms with E-state index in [4.69, 9.17) is 14.2 Å². The molecule has 2 rings (SSSR count). The van der Waals surface area contributed by atoms with E-state index in [9.17, 15) is 4.79 Å². The summed E-state index contributed by atoms with van der Waals surface area (Å²) < 4.78 is 16.5. The molecule has 1 heterocycles. The van der Waals surface area contributed by atoms with Crippen LogP contribution in [0.1, 0.15) is 26.2 Å². The molecule has 100 valence electrons. The Morgan fingerprint density at radius 2 is 2.39 bits per heavy atom. The molecule has 1 atom stereocenters. The summed E-state index contributed by atoms with van der Waals surface area (Å²) in [5.41, 5.74) is 0.521. The maximum absolute atomic E-state index is 11.8. The Bertz CT molecular complexity index is 351. The van der Waals surface area contributed by atoms with Gasteiger partial charge in [0.05, 0.1) is 32.8 Å². The highest BCUT2D eigenvalue weighted by molar-refractivity contribution is 5.71. The molecule has 4 heteroatoms. The summed E-state index contributed by atoms with van der Waals surface area (Å²) in [6, 6.07) is 0. The van der Waals surface area contributed by atoms with Gasteiger partial charge in [0, 0.05) is 0 Å². The lowest BCUT2D eigenvalue weighted by molar-refractivity contribution is -0.167. The van der Waals surface area contributed by atoms with Crippen molar-refractivity contribution in [2.75, 3.05) is 26.4 Å². The van der Waals surface area contributed by atoms with Gasteiger partial charge >= 0.3 is 5.97 Å². The zero-order valence-corrected chi connectivity index (χ0v) is 10.8. The zero-order valence-electron chi connectivity index (χ0n) is 10.8. The van der Waals surface area contributed by atoms with E-state index in [0.717, 1.165) is 18.4 Å². The smallest absolute Gasteiger partial charge is 0.309 e. The fourth-order valence-electron chi connectivity index (χ4n) is 2.40. The highest BCUT2D eigenvalue weighted by Crippen LogP contribution is 2.34. The second-order valence-electron chi connectivity index (χ2n) is 4.54. The van der Waals surface area contributed by atoms with Crippen molar-refractivity contribution in [3.63, 3.8) is 0 Å². The van der Waals surface area contributed by atoms with Gasteiger partial charge in [-0.1, -0.05) is 18.2 Å². The predicted molar refractivity (Wildman–Crippen MR) is 67.2 cm³/mol. The summed E-state index contributed by atoms with van der Waals surface area (Å²) in [5, 5.41) is 0. The lowest BCUT2D eigenvalue weighted by Crippen LogP contribution is -2.47. The molecule has 1 unspecified atom stereocenters. The van der Waals surface area contributed by atoms with Gasteiger partial charge in [0.25, 0.3) is 0 Å². The molecule has 1 aliphatic carbocycles. The summed E-state index contributed by atoms with van der Waals surface area (Å²) in [6.07, 6.45) is 8.31. The van der Waals surface area contributed by atoms with Crippen LogP contribution in [0.4, 0.5) is 0 Å². The van der Waals surface area contributed by atoms with Gasteiger partial charge in [-0.15, -0.1) is 0 Å². The van der Waals surface area contributed by atoms with E-state index >= 15 is 0 Å². The lowest BCUT2D eigenvalue weighted by Gasteiger charge is -2.39. The Kier molecular flexibility index (Phi) is 4.55. The Morgan fingerprint density at radius 1 is 1.50 bits per heavy atom. The second-order valence-corrected chi connectivity index (χ2v) is 4.54. The molecule has 0 aromatic rings. The molecular formula is C14H20O4. The molecule has 0 N–H and O–H groups in total. The third-order valence-corrected chi connectivity index (χ3v) is 3.28. The zero-order chi connectivity index (χ0) is 12.8. The Hall–Kier alpha value is -1.13. The van der Waals surface area contributed by atoms with E-state index in [1.165, 1.54) is 0 Å². The van der Waals surface area contributed by atoms with Crippen LogP contribution in [-0.4, -0.2) is 38.0 Å². The van der Waals surface area contributed by atoms with Crippen LogP contribution in [0.2, 0.25) is 0 Å². The number of ether oxygens (including phenoxy) is 3. The van der Waals surface area contributed by atoms with E-state index in [2.05, 4.69) is 6.08 Å². The largest absolute Gasteiger partial charge is 0.466 e. The van der Waals surface area contributed by atoms with E-state index in [0.29, 0.717) is 26.4 Å². The van der Waals surface area contributed by atoms with E-state index in [1.807, 2.05) is 19.1 Å². The van der Waals surface area contributed by atoms with Gasteiger partial charge < -0.3 is 14.2 Å². The summed E-state index contributed by atoms with van der Waals surface area (Å²) in [4.78, 5) is 11.8. The first kappa shape index (κ1) is 13.3. The Labute approximate surface area is 108 Å². The normalized spacial score (nSPS) is 27.7. The third kappa shape index (κ3) is 3.00. The van der Waals surface area contributed by atoms with Crippen LogP contribution in [0, 0.1) is 0 Å². The van der Waals surface area contributed by atoms with Crippen molar-refractivity contribution in [1.82, 2.24) is 0 Å². The fraction of sp³-hybridized carbons (Fsp3) is 0.643. The lowest BCUT2D eigenvalue weighted by atomic mass is 9.85. The quantitative estimate of drug-likeness (QED) is 0.718. The number of hydrogen-bond acceptors (Lipinski definition) is 4. The third-order valence-electron chi connectivity index (χ3n) is 3.28. The number of esters is 1. The van der Waals surface area contributed by atoms with Crippen molar-refractivity contribution in [3.05, 3.63) is 23.8 Å². The fourth-order valence-corrected chi connectivity index (χ4v) is 2.40. The molecule has 0 saturated carbocycles. The minimum absolute atomic E-state index is 0.224. The molecule has 1 saturated heterocycles. The van der Waals surface area contributed by atoms with Gasteiger partial charge in [-0.25, -0.2) is 0 Å². The van der Waals surface area contributed by atoms with Crippen LogP contribution in [0.25, 0.3) is 0 Å². The summed E-state index contributed by atoms with van der Waals surface area (Å²) in [5.74, 6) is -0.224. The van der Waals surface area contributed by atoms with Crippen LogP contribution in [-0.2, 0) is 19.0 Å². The molecule has 0 radical (unpaired) electrons. The van der Waals surface area contributed by atoms with Gasteiger partial charge in [-0.3, -0.25) is 4.79 Å². The number of rotatable bonds is 4. The van der Waals surface area contributed by atoms with Crippen LogP contribution < -0.4 is 0 Å². The summed E-state index contributed by atoms with van der Waals surface area (Å²) in [7, 11) is 0. The molecule has 0 spiro atoms. The van der Waals surface area contributed by atoms with Crippen molar-refractivity contribution in [1.29, 1.82) is 0 Å². The molecule has 0 aromatic heterocycles. The van der Waals surface area contributed by atoms with Crippen molar-refractivity contribution >= 4 is 5.97 Å². The molecule has 2 aliphatic rings. The van der Waals surface area contributed by atoms with E-state index in [1.54, 1.807) is 0 Å². The topological polar surface area (TPSA) is 44.8 Å². The summed E-state index contributed by atoms with van der Waals surface area (Å²) >= 11 is 0. The minimum atomic E-state index is -0.616. The number of hydrogen-bond donors (Lipinski definition) is 0. The average Bonchev–Trinajstić information content (AvgIpc) is 2.41. The van der Waals surface area contributed by atoms with E-state index < -0.39 is 5.60 Å².